The summed E-state index contributed by atoms with van der Waals surface area (Å²) in [5, 5.41) is 12.3. The van der Waals surface area contributed by atoms with Crippen LogP contribution >= 0.6 is 0 Å². The van der Waals surface area contributed by atoms with Gasteiger partial charge in [-0.2, -0.15) is 0 Å². The molecule has 1 saturated carbocycles. The molecule has 3 atom stereocenters. The van der Waals surface area contributed by atoms with Gasteiger partial charge in [-0.3, -0.25) is 0 Å². The van der Waals surface area contributed by atoms with Crippen molar-refractivity contribution in [3.05, 3.63) is 0 Å². The van der Waals surface area contributed by atoms with Crippen molar-refractivity contribution in [3.8, 4) is 0 Å². The van der Waals surface area contributed by atoms with Crippen molar-refractivity contribution in [1.82, 2.24) is 5.32 Å². The van der Waals surface area contributed by atoms with E-state index in [1.807, 2.05) is 0 Å². The highest BCUT2D eigenvalue weighted by atomic mass is 16.3. The van der Waals surface area contributed by atoms with Crippen molar-refractivity contribution < 1.29 is 5.11 Å². The molecule has 8 heavy (non-hydrogen) atoms. The molecule has 1 heterocycles. The smallest absolute Gasteiger partial charge is 0.0586 e. The zero-order chi connectivity index (χ0) is 5.56. The van der Waals surface area contributed by atoms with Crippen molar-refractivity contribution in [2.45, 2.75) is 12.5 Å². The van der Waals surface area contributed by atoms with Crippen molar-refractivity contribution in [3.63, 3.8) is 0 Å². The quantitative estimate of drug-likeness (QED) is 0.447. The second kappa shape index (κ2) is 1.45. The summed E-state index contributed by atoms with van der Waals surface area (Å²) >= 11 is 0. The molecule has 0 radical (unpaired) electrons. The van der Waals surface area contributed by atoms with Crippen LogP contribution in [-0.2, 0) is 0 Å². The number of aliphatic hydroxyl groups is 1. The van der Waals surface area contributed by atoms with E-state index in [0.717, 1.165) is 25.4 Å². The van der Waals surface area contributed by atoms with E-state index in [1.165, 1.54) is 0 Å². The molecule has 2 rings (SSSR count). The summed E-state index contributed by atoms with van der Waals surface area (Å²) in [6.45, 7) is 2.19. The van der Waals surface area contributed by atoms with Crippen LogP contribution in [0, 0.1) is 11.8 Å². The molecule has 0 aromatic rings. The summed E-state index contributed by atoms with van der Waals surface area (Å²) in [6.07, 6.45) is 1.06. The molecule has 2 N–H and O–H groups in total. The number of nitrogens with one attached hydrogen (secondary N) is 1. The molecule has 2 aliphatic rings. The van der Waals surface area contributed by atoms with Crippen LogP contribution in [0.5, 0.6) is 0 Å². The van der Waals surface area contributed by atoms with Gasteiger partial charge in [0.05, 0.1) is 6.10 Å². The summed E-state index contributed by atoms with van der Waals surface area (Å²) in [4.78, 5) is 0. The van der Waals surface area contributed by atoms with Crippen LogP contribution in [0.25, 0.3) is 0 Å². The van der Waals surface area contributed by atoms with Crippen molar-refractivity contribution in [2.75, 3.05) is 13.1 Å². The van der Waals surface area contributed by atoms with Crippen LogP contribution in [0.4, 0.5) is 0 Å². The molecule has 0 bridgehead atoms. The monoisotopic (exact) mass is 113 g/mol. The molecule has 0 unspecified atom stereocenters. The number of hydrogen-bond acceptors (Lipinski definition) is 2. The lowest BCUT2D eigenvalue weighted by atomic mass is 9.74. The van der Waals surface area contributed by atoms with Gasteiger partial charge in [0, 0.05) is 12.5 Å². The maximum Gasteiger partial charge on any atom is 0.0586 e. The summed E-state index contributed by atoms with van der Waals surface area (Å²) in [7, 11) is 0. The average Bonchev–Trinajstić information content (AvgIpc) is 2.09. The molecular formula is C6H11NO. The maximum atomic E-state index is 9.08. The predicted molar refractivity (Wildman–Crippen MR) is 30.5 cm³/mol. The third-order valence-corrected chi connectivity index (χ3v) is 2.43. The van der Waals surface area contributed by atoms with Gasteiger partial charge < -0.3 is 10.4 Å². The fourth-order valence-electron chi connectivity index (χ4n) is 1.75. The van der Waals surface area contributed by atoms with E-state index in [9.17, 15) is 0 Å². The Balaban J connectivity index is 2.02. The molecule has 2 heteroatoms. The molecule has 1 aliphatic carbocycles. The summed E-state index contributed by atoms with van der Waals surface area (Å²) in [5.41, 5.74) is 0. The third-order valence-electron chi connectivity index (χ3n) is 2.43. The van der Waals surface area contributed by atoms with Gasteiger partial charge in [-0.1, -0.05) is 0 Å². The first-order valence-corrected chi connectivity index (χ1v) is 3.26. The topological polar surface area (TPSA) is 32.3 Å². The predicted octanol–water partition coefficient (Wildman–Crippen LogP) is -0.413. The van der Waals surface area contributed by atoms with Crippen LogP contribution in [0.1, 0.15) is 6.42 Å². The van der Waals surface area contributed by atoms with Crippen molar-refractivity contribution in [2.24, 2.45) is 11.8 Å². The molecule has 1 aliphatic heterocycles. The minimum Gasteiger partial charge on any atom is -0.393 e. The van der Waals surface area contributed by atoms with Crippen molar-refractivity contribution >= 4 is 0 Å². The van der Waals surface area contributed by atoms with Gasteiger partial charge >= 0.3 is 0 Å². The maximum absolute atomic E-state index is 9.08. The fraction of sp³-hybridized carbons (Fsp3) is 1.00. The molecule has 0 aromatic carbocycles. The Morgan fingerprint density at radius 3 is 2.75 bits per heavy atom. The molecule has 0 aromatic heterocycles. The third kappa shape index (κ3) is 0.446. The Hall–Kier alpha value is -0.0800. The van der Waals surface area contributed by atoms with E-state index in [2.05, 4.69) is 5.32 Å². The summed E-state index contributed by atoms with van der Waals surface area (Å²) in [5.74, 6) is 1.42. The first-order chi connectivity index (χ1) is 3.88. The highest BCUT2D eigenvalue weighted by molar-refractivity contribution is 4.95. The Morgan fingerprint density at radius 2 is 2.25 bits per heavy atom. The zero-order valence-corrected chi connectivity index (χ0v) is 4.80. The van der Waals surface area contributed by atoms with Gasteiger partial charge in [0.15, 0.2) is 0 Å². The van der Waals surface area contributed by atoms with E-state index in [1.54, 1.807) is 0 Å². The Morgan fingerprint density at radius 1 is 1.38 bits per heavy atom. The fourth-order valence-corrected chi connectivity index (χ4v) is 1.75. The van der Waals surface area contributed by atoms with Crippen LogP contribution in [0.15, 0.2) is 0 Å². The van der Waals surface area contributed by atoms with Crippen molar-refractivity contribution in [1.29, 1.82) is 0 Å². The standard InChI is InChI=1S/C6H11NO/c8-6-1-4-2-7-3-5(4)6/h4-8H,1-3H2/t4-,5+,6+/m0/s1. The lowest BCUT2D eigenvalue weighted by molar-refractivity contribution is -0.00403. The van der Waals surface area contributed by atoms with E-state index in [-0.39, 0.29) is 6.10 Å². The molecule has 1 saturated heterocycles. The minimum absolute atomic E-state index is 0.0231. The number of hydrogen-bond donors (Lipinski definition) is 2. The number of fused-ring (bicyclic) bond motifs is 1. The van der Waals surface area contributed by atoms with E-state index in [4.69, 9.17) is 5.11 Å². The molecule has 0 spiro atoms. The largest absolute Gasteiger partial charge is 0.393 e. The average molecular weight is 113 g/mol. The van der Waals surface area contributed by atoms with Gasteiger partial charge in [-0.15, -0.1) is 0 Å². The van der Waals surface area contributed by atoms with E-state index >= 15 is 0 Å². The number of aliphatic hydroxyl groups excluding tert-OH is 1. The lowest BCUT2D eigenvalue weighted by Gasteiger charge is -2.35. The van der Waals surface area contributed by atoms with Crippen LogP contribution < -0.4 is 5.32 Å². The van der Waals surface area contributed by atoms with Gasteiger partial charge in [-0.05, 0) is 18.9 Å². The van der Waals surface area contributed by atoms with Gasteiger partial charge in [0.2, 0.25) is 0 Å². The number of rotatable bonds is 0. The Bertz CT molecular complexity index is 105. The first kappa shape index (κ1) is 4.77. The lowest BCUT2D eigenvalue weighted by Crippen LogP contribution is -2.39. The van der Waals surface area contributed by atoms with Gasteiger partial charge in [0.1, 0.15) is 0 Å². The molecule has 2 nitrogen and oxygen atoms in total. The zero-order valence-electron chi connectivity index (χ0n) is 4.80. The molecule has 2 fully saturated rings. The SMILES string of the molecule is O[C@@H]1C[C@H]2CNC[C@H]21. The Kier molecular flexibility index (Phi) is 0.866. The van der Waals surface area contributed by atoms with Gasteiger partial charge in [0.25, 0.3) is 0 Å². The minimum atomic E-state index is 0.0231. The van der Waals surface area contributed by atoms with Crippen LogP contribution in [-0.4, -0.2) is 24.3 Å². The highest BCUT2D eigenvalue weighted by Crippen LogP contribution is 2.36. The second-order valence-electron chi connectivity index (χ2n) is 2.89. The summed E-state index contributed by atoms with van der Waals surface area (Å²) < 4.78 is 0. The van der Waals surface area contributed by atoms with Crippen LogP contribution in [0.2, 0.25) is 0 Å². The van der Waals surface area contributed by atoms with E-state index in [0.29, 0.717) is 5.92 Å². The highest BCUT2D eigenvalue weighted by Gasteiger charge is 2.42. The second-order valence-corrected chi connectivity index (χ2v) is 2.89. The molecule has 0 amide bonds. The molecule has 46 valence electrons. The molecular weight excluding hydrogens is 102 g/mol. The van der Waals surface area contributed by atoms with Gasteiger partial charge in [-0.25, -0.2) is 0 Å². The first-order valence-electron chi connectivity index (χ1n) is 3.26. The van der Waals surface area contributed by atoms with Crippen LogP contribution in [0.3, 0.4) is 0 Å². The van der Waals surface area contributed by atoms with E-state index < -0.39 is 0 Å². The summed E-state index contributed by atoms with van der Waals surface area (Å²) in [6, 6.07) is 0. The normalized spacial score (nSPS) is 52.9. The Labute approximate surface area is 48.9 Å².